The second-order valence-electron chi connectivity index (χ2n) is 5.01. The third kappa shape index (κ3) is 4.94. The predicted molar refractivity (Wildman–Crippen MR) is 84.6 cm³/mol. The van der Waals surface area contributed by atoms with Crippen LogP contribution in [0.25, 0.3) is 0 Å². The van der Waals surface area contributed by atoms with Crippen LogP contribution in [0.2, 0.25) is 0 Å². The average Bonchev–Trinajstić information content (AvgIpc) is 2.87. The van der Waals surface area contributed by atoms with Crippen LogP contribution in [0.3, 0.4) is 0 Å². The largest absolute Gasteiger partial charge is 0.356 e. The molecule has 0 aliphatic carbocycles. The lowest BCUT2D eigenvalue weighted by Crippen LogP contribution is -2.43. The highest BCUT2D eigenvalue weighted by atomic mass is 19.1. The first-order valence-electron chi connectivity index (χ1n) is 7.37. The Morgan fingerprint density at radius 1 is 1.26 bits per heavy atom. The van der Waals surface area contributed by atoms with Crippen molar-refractivity contribution in [3.63, 3.8) is 0 Å². The van der Waals surface area contributed by atoms with E-state index in [-0.39, 0.29) is 30.8 Å². The lowest BCUT2D eigenvalue weighted by atomic mass is 10.1. The van der Waals surface area contributed by atoms with Gasteiger partial charge in [-0.2, -0.15) is 0 Å². The van der Waals surface area contributed by atoms with Crippen molar-refractivity contribution < 1.29 is 14.0 Å². The van der Waals surface area contributed by atoms with Crippen molar-refractivity contribution in [3.05, 3.63) is 35.6 Å². The summed E-state index contributed by atoms with van der Waals surface area (Å²) in [5, 5.41) is 8.62. The first-order chi connectivity index (χ1) is 11.1. The van der Waals surface area contributed by atoms with Crippen molar-refractivity contribution in [3.8, 4) is 0 Å². The maximum atomic E-state index is 12.8. The predicted octanol–water partition coefficient (Wildman–Crippen LogP) is 0.0850. The molecule has 1 heterocycles. The van der Waals surface area contributed by atoms with Crippen molar-refractivity contribution in [1.82, 2.24) is 20.9 Å². The van der Waals surface area contributed by atoms with Gasteiger partial charge in [-0.25, -0.2) is 9.18 Å². The van der Waals surface area contributed by atoms with Crippen LogP contribution in [0.5, 0.6) is 0 Å². The topological polar surface area (TPSA) is 85.8 Å². The van der Waals surface area contributed by atoms with E-state index in [4.69, 9.17) is 0 Å². The summed E-state index contributed by atoms with van der Waals surface area (Å²) in [6, 6.07) is 5.98. The van der Waals surface area contributed by atoms with Gasteiger partial charge in [0.15, 0.2) is 5.96 Å². The Morgan fingerprint density at radius 3 is 2.57 bits per heavy atom. The smallest absolute Gasteiger partial charge is 0.324 e. The lowest BCUT2D eigenvalue weighted by molar-refractivity contribution is -0.124. The number of nitrogens with one attached hydrogen (secondary N) is 3. The Balaban J connectivity index is 1.68. The molecule has 1 aromatic rings. The van der Waals surface area contributed by atoms with Gasteiger partial charge in [0, 0.05) is 26.7 Å². The first kappa shape index (κ1) is 16.7. The van der Waals surface area contributed by atoms with Gasteiger partial charge >= 0.3 is 6.03 Å². The molecule has 2 rings (SSSR count). The fourth-order valence-electron chi connectivity index (χ4n) is 2.16. The van der Waals surface area contributed by atoms with Gasteiger partial charge in [0.05, 0.1) is 6.54 Å². The number of amides is 3. The third-order valence-electron chi connectivity index (χ3n) is 3.41. The Hall–Kier alpha value is -2.64. The summed E-state index contributed by atoms with van der Waals surface area (Å²) < 4.78 is 12.8. The maximum absolute atomic E-state index is 12.8. The van der Waals surface area contributed by atoms with Crippen LogP contribution in [-0.2, 0) is 11.2 Å². The van der Waals surface area contributed by atoms with Gasteiger partial charge in [-0.05, 0) is 24.1 Å². The number of imide groups is 1. The number of hydrogen-bond acceptors (Lipinski definition) is 3. The summed E-state index contributed by atoms with van der Waals surface area (Å²) in [7, 11) is 1.64. The molecule has 0 saturated carbocycles. The molecule has 1 fully saturated rings. The SMILES string of the molecule is CN=C(NCCc1ccc(F)cc1)NCCN1C(=O)CNC1=O. The number of aliphatic imine (C=N–C) groups is 1. The van der Waals surface area contributed by atoms with Gasteiger partial charge in [0.25, 0.3) is 0 Å². The van der Waals surface area contributed by atoms with Crippen LogP contribution in [-0.4, -0.2) is 56.0 Å². The fourth-order valence-corrected chi connectivity index (χ4v) is 2.16. The van der Waals surface area contributed by atoms with E-state index in [2.05, 4.69) is 20.9 Å². The molecular formula is C15H20FN5O2. The molecule has 0 spiro atoms. The summed E-state index contributed by atoms with van der Waals surface area (Å²) in [4.78, 5) is 28.0. The molecule has 7 nitrogen and oxygen atoms in total. The summed E-state index contributed by atoms with van der Waals surface area (Å²) in [6.07, 6.45) is 0.730. The van der Waals surface area contributed by atoms with Crippen LogP contribution in [0.15, 0.2) is 29.3 Å². The minimum absolute atomic E-state index is 0.0590. The number of carbonyl (C=O) groups is 2. The zero-order valence-electron chi connectivity index (χ0n) is 12.9. The number of nitrogens with zero attached hydrogens (tertiary/aromatic N) is 2. The summed E-state index contributed by atoms with van der Waals surface area (Å²) in [5.74, 6) is 0.106. The van der Waals surface area contributed by atoms with Gasteiger partial charge in [0.2, 0.25) is 5.91 Å². The summed E-state index contributed by atoms with van der Waals surface area (Å²) >= 11 is 0. The summed E-state index contributed by atoms with van der Waals surface area (Å²) in [6.45, 7) is 1.39. The van der Waals surface area contributed by atoms with Crippen molar-refractivity contribution in [2.24, 2.45) is 4.99 Å². The molecule has 3 amide bonds. The number of rotatable bonds is 6. The molecule has 0 radical (unpaired) electrons. The van der Waals surface area contributed by atoms with Crippen molar-refractivity contribution in [1.29, 1.82) is 0 Å². The molecule has 0 aromatic heterocycles. The maximum Gasteiger partial charge on any atom is 0.324 e. The minimum Gasteiger partial charge on any atom is -0.356 e. The molecular weight excluding hydrogens is 301 g/mol. The van der Waals surface area contributed by atoms with Crippen molar-refractivity contribution in [2.75, 3.05) is 33.2 Å². The highest BCUT2D eigenvalue weighted by Gasteiger charge is 2.27. The normalized spacial score (nSPS) is 14.9. The Morgan fingerprint density at radius 2 is 1.96 bits per heavy atom. The highest BCUT2D eigenvalue weighted by molar-refractivity contribution is 6.01. The molecule has 8 heteroatoms. The monoisotopic (exact) mass is 321 g/mol. The molecule has 3 N–H and O–H groups in total. The average molecular weight is 321 g/mol. The van der Waals surface area contributed by atoms with Crippen LogP contribution < -0.4 is 16.0 Å². The number of halogens is 1. The van der Waals surface area contributed by atoms with Crippen LogP contribution in [0, 0.1) is 5.82 Å². The molecule has 0 atom stereocenters. The van der Waals surface area contributed by atoms with Gasteiger partial charge < -0.3 is 16.0 Å². The van der Waals surface area contributed by atoms with Gasteiger partial charge in [0.1, 0.15) is 5.82 Å². The second-order valence-corrected chi connectivity index (χ2v) is 5.01. The minimum atomic E-state index is -0.365. The number of urea groups is 1. The Kier molecular flexibility index (Phi) is 5.90. The standard InChI is InChI=1S/C15H20FN5O2/c1-17-14(18-7-6-11-2-4-12(16)5-3-11)19-8-9-21-13(22)10-20-15(21)23/h2-5H,6-10H2,1H3,(H,20,23)(H2,17,18,19). The van der Waals surface area contributed by atoms with E-state index in [1.165, 1.54) is 17.0 Å². The van der Waals surface area contributed by atoms with Gasteiger partial charge in [-0.3, -0.25) is 14.7 Å². The van der Waals surface area contributed by atoms with Crippen molar-refractivity contribution >= 4 is 17.9 Å². The molecule has 23 heavy (non-hydrogen) atoms. The highest BCUT2D eigenvalue weighted by Crippen LogP contribution is 2.02. The van der Waals surface area contributed by atoms with E-state index in [0.717, 1.165) is 12.0 Å². The van der Waals surface area contributed by atoms with E-state index < -0.39 is 0 Å². The molecule has 1 aliphatic rings. The van der Waals surface area contributed by atoms with E-state index in [1.54, 1.807) is 19.2 Å². The first-order valence-corrected chi connectivity index (χ1v) is 7.37. The number of carbonyl (C=O) groups excluding carboxylic acids is 2. The van der Waals surface area contributed by atoms with Gasteiger partial charge in [-0.15, -0.1) is 0 Å². The van der Waals surface area contributed by atoms with Crippen LogP contribution >= 0.6 is 0 Å². The quantitative estimate of drug-likeness (QED) is 0.394. The molecule has 0 unspecified atom stereocenters. The lowest BCUT2D eigenvalue weighted by Gasteiger charge is -2.15. The molecule has 1 saturated heterocycles. The van der Waals surface area contributed by atoms with E-state index in [0.29, 0.717) is 19.0 Å². The Bertz CT molecular complexity index is 572. The third-order valence-corrected chi connectivity index (χ3v) is 3.41. The number of benzene rings is 1. The Labute approximate surface area is 134 Å². The second kappa shape index (κ2) is 8.11. The van der Waals surface area contributed by atoms with Gasteiger partial charge in [-0.1, -0.05) is 12.1 Å². The fraction of sp³-hybridized carbons (Fsp3) is 0.400. The van der Waals surface area contributed by atoms with E-state index in [9.17, 15) is 14.0 Å². The van der Waals surface area contributed by atoms with Crippen LogP contribution in [0.1, 0.15) is 5.56 Å². The molecule has 124 valence electrons. The number of guanidine groups is 1. The zero-order valence-corrected chi connectivity index (χ0v) is 12.9. The molecule has 0 bridgehead atoms. The summed E-state index contributed by atoms with van der Waals surface area (Å²) in [5.41, 5.74) is 1.02. The van der Waals surface area contributed by atoms with E-state index in [1.807, 2.05) is 0 Å². The molecule has 1 aliphatic heterocycles. The number of hydrogen-bond donors (Lipinski definition) is 3. The van der Waals surface area contributed by atoms with E-state index >= 15 is 0 Å². The molecule has 1 aromatic carbocycles. The van der Waals surface area contributed by atoms with Crippen molar-refractivity contribution in [2.45, 2.75) is 6.42 Å². The van der Waals surface area contributed by atoms with Crippen LogP contribution in [0.4, 0.5) is 9.18 Å². The zero-order chi connectivity index (χ0) is 16.7.